The first-order valence-corrected chi connectivity index (χ1v) is 4.02. The Labute approximate surface area is 78.8 Å². The van der Waals surface area contributed by atoms with E-state index in [0.717, 1.165) is 0 Å². The van der Waals surface area contributed by atoms with E-state index in [1.165, 1.54) is 6.20 Å². The van der Waals surface area contributed by atoms with Crippen LogP contribution in [0.15, 0.2) is 17.1 Å². The highest BCUT2D eigenvalue weighted by Gasteiger charge is 2.01. The summed E-state index contributed by atoms with van der Waals surface area (Å²) in [7, 11) is 0. The predicted octanol–water partition coefficient (Wildman–Crippen LogP) is 0.439. The van der Waals surface area contributed by atoms with Crippen molar-refractivity contribution in [1.82, 2.24) is 15.0 Å². The van der Waals surface area contributed by atoms with E-state index in [4.69, 9.17) is 0 Å². The summed E-state index contributed by atoms with van der Waals surface area (Å²) in [6.45, 7) is 1.60. The Bertz CT molecular complexity index is 559. The van der Waals surface area contributed by atoms with Crippen molar-refractivity contribution in [2.24, 2.45) is 0 Å². The van der Waals surface area contributed by atoms with Crippen molar-refractivity contribution < 1.29 is 4.79 Å². The number of hydrogen-bond acceptors (Lipinski definition) is 4. The second-order valence-corrected chi connectivity index (χ2v) is 2.91. The van der Waals surface area contributed by atoms with E-state index < -0.39 is 0 Å². The molecule has 2 aromatic heterocycles. The van der Waals surface area contributed by atoms with Gasteiger partial charge in [-0.2, -0.15) is 0 Å². The molecule has 0 fully saturated rings. The van der Waals surface area contributed by atoms with Gasteiger partial charge in [0.15, 0.2) is 11.9 Å². The fourth-order valence-electron chi connectivity index (χ4n) is 1.14. The zero-order chi connectivity index (χ0) is 10.1. The van der Waals surface area contributed by atoms with Gasteiger partial charge >= 0.3 is 0 Å². The Morgan fingerprint density at radius 2 is 2.29 bits per heavy atom. The number of fused-ring (bicyclic) bond motifs is 1. The lowest BCUT2D eigenvalue weighted by molar-refractivity contribution is 0.112. The zero-order valence-corrected chi connectivity index (χ0v) is 7.44. The van der Waals surface area contributed by atoms with E-state index in [9.17, 15) is 9.59 Å². The highest BCUT2D eigenvalue weighted by Crippen LogP contribution is 2.05. The van der Waals surface area contributed by atoms with Crippen LogP contribution in [-0.4, -0.2) is 21.2 Å². The van der Waals surface area contributed by atoms with E-state index in [2.05, 4.69) is 15.0 Å². The van der Waals surface area contributed by atoms with Gasteiger partial charge in [0.2, 0.25) is 0 Å². The van der Waals surface area contributed by atoms with Gasteiger partial charge in [-0.05, 0) is 13.0 Å². The van der Waals surface area contributed by atoms with Crippen molar-refractivity contribution in [1.29, 1.82) is 0 Å². The minimum atomic E-state index is -0.260. The number of rotatable bonds is 1. The molecule has 0 aromatic carbocycles. The van der Waals surface area contributed by atoms with Gasteiger partial charge in [0.25, 0.3) is 5.56 Å². The molecule has 2 heterocycles. The summed E-state index contributed by atoms with van der Waals surface area (Å²) in [4.78, 5) is 32.1. The second-order valence-electron chi connectivity index (χ2n) is 2.91. The van der Waals surface area contributed by atoms with Crippen molar-refractivity contribution in [3.8, 4) is 0 Å². The molecule has 0 amide bonds. The quantitative estimate of drug-likeness (QED) is 0.660. The number of nitrogens with one attached hydrogen (secondary N) is 1. The van der Waals surface area contributed by atoms with E-state index in [1.807, 2.05) is 0 Å². The first-order chi connectivity index (χ1) is 6.70. The third-order valence-electron chi connectivity index (χ3n) is 1.87. The molecule has 0 bridgehead atoms. The first-order valence-electron chi connectivity index (χ1n) is 4.02. The topological polar surface area (TPSA) is 75.7 Å². The molecule has 0 saturated carbocycles. The molecule has 0 spiro atoms. The van der Waals surface area contributed by atoms with Crippen LogP contribution < -0.4 is 5.56 Å². The molecule has 5 heteroatoms. The standard InChI is InChI=1S/C9H7N3O2/c1-5-9(14)12-8-7(11-5)2-6(4-13)3-10-8/h2-4H,1H3,(H,10,12,14). The Morgan fingerprint density at radius 1 is 1.50 bits per heavy atom. The third-order valence-corrected chi connectivity index (χ3v) is 1.87. The molecule has 2 rings (SSSR count). The average Bonchev–Trinajstić information content (AvgIpc) is 2.19. The lowest BCUT2D eigenvalue weighted by Crippen LogP contribution is -2.12. The van der Waals surface area contributed by atoms with Gasteiger partial charge in [-0.25, -0.2) is 9.97 Å². The summed E-state index contributed by atoms with van der Waals surface area (Å²) in [5, 5.41) is 0. The maximum atomic E-state index is 11.2. The number of carbonyl (C=O) groups is 1. The molecule has 2 aromatic rings. The molecule has 0 saturated heterocycles. The number of aromatic nitrogens is 3. The maximum Gasteiger partial charge on any atom is 0.270 e. The number of H-pyrrole nitrogens is 1. The summed E-state index contributed by atoms with van der Waals surface area (Å²) in [6.07, 6.45) is 2.08. The van der Waals surface area contributed by atoms with Gasteiger partial charge in [0.05, 0.1) is 0 Å². The van der Waals surface area contributed by atoms with Crippen LogP contribution in [0.5, 0.6) is 0 Å². The smallest absolute Gasteiger partial charge is 0.270 e. The van der Waals surface area contributed by atoms with Crippen molar-refractivity contribution in [2.75, 3.05) is 0 Å². The largest absolute Gasteiger partial charge is 0.304 e. The predicted molar refractivity (Wildman–Crippen MR) is 50.3 cm³/mol. The van der Waals surface area contributed by atoms with E-state index in [1.54, 1.807) is 13.0 Å². The first kappa shape index (κ1) is 8.55. The second kappa shape index (κ2) is 3.02. The van der Waals surface area contributed by atoms with Gasteiger partial charge in [0.1, 0.15) is 11.2 Å². The number of pyridine rings is 1. The van der Waals surface area contributed by atoms with Crippen LogP contribution in [0.2, 0.25) is 0 Å². The van der Waals surface area contributed by atoms with E-state index in [-0.39, 0.29) is 5.56 Å². The third kappa shape index (κ3) is 1.28. The summed E-state index contributed by atoms with van der Waals surface area (Å²) in [6, 6.07) is 1.58. The highest BCUT2D eigenvalue weighted by molar-refractivity contribution is 5.81. The molecule has 5 nitrogen and oxygen atoms in total. The van der Waals surface area contributed by atoms with Gasteiger partial charge in [0, 0.05) is 11.8 Å². The van der Waals surface area contributed by atoms with E-state index in [0.29, 0.717) is 28.7 Å². The highest BCUT2D eigenvalue weighted by atomic mass is 16.1. The van der Waals surface area contributed by atoms with Gasteiger partial charge in [-0.1, -0.05) is 0 Å². The monoisotopic (exact) mass is 189 g/mol. The number of carbonyl (C=O) groups excluding carboxylic acids is 1. The normalized spacial score (nSPS) is 10.4. The fraction of sp³-hybridized carbons (Fsp3) is 0.111. The van der Waals surface area contributed by atoms with Crippen LogP contribution in [0, 0.1) is 6.92 Å². The lowest BCUT2D eigenvalue weighted by Gasteiger charge is -1.97. The molecular weight excluding hydrogens is 182 g/mol. The van der Waals surface area contributed by atoms with Crippen molar-refractivity contribution >= 4 is 17.5 Å². The van der Waals surface area contributed by atoms with Crippen LogP contribution in [0.1, 0.15) is 16.1 Å². The fourth-order valence-corrected chi connectivity index (χ4v) is 1.14. The zero-order valence-electron chi connectivity index (χ0n) is 7.44. The Kier molecular flexibility index (Phi) is 1.85. The minimum Gasteiger partial charge on any atom is -0.304 e. The summed E-state index contributed by atoms with van der Waals surface area (Å²) >= 11 is 0. The van der Waals surface area contributed by atoms with Crippen LogP contribution in [0.4, 0.5) is 0 Å². The maximum absolute atomic E-state index is 11.2. The van der Waals surface area contributed by atoms with Crippen LogP contribution in [-0.2, 0) is 0 Å². The van der Waals surface area contributed by atoms with Crippen LogP contribution in [0.3, 0.4) is 0 Å². The van der Waals surface area contributed by atoms with Gasteiger partial charge < -0.3 is 4.98 Å². The summed E-state index contributed by atoms with van der Waals surface area (Å²) in [5.41, 5.74) is 1.46. The minimum absolute atomic E-state index is 0.260. The number of aromatic amines is 1. The van der Waals surface area contributed by atoms with Gasteiger partial charge in [-0.15, -0.1) is 0 Å². The molecule has 14 heavy (non-hydrogen) atoms. The summed E-state index contributed by atoms with van der Waals surface area (Å²) < 4.78 is 0. The summed E-state index contributed by atoms with van der Waals surface area (Å²) in [5.74, 6) is 0. The molecule has 0 aliphatic rings. The van der Waals surface area contributed by atoms with Crippen molar-refractivity contribution in [3.63, 3.8) is 0 Å². The number of aryl methyl sites for hydroxylation is 1. The average molecular weight is 189 g/mol. The molecule has 0 radical (unpaired) electrons. The molecule has 0 aliphatic heterocycles. The molecule has 0 unspecified atom stereocenters. The number of nitrogens with zero attached hydrogens (tertiary/aromatic N) is 2. The molecule has 70 valence electrons. The molecule has 0 atom stereocenters. The van der Waals surface area contributed by atoms with E-state index >= 15 is 0 Å². The van der Waals surface area contributed by atoms with Crippen molar-refractivity contribution in [2.45, 2.75) is 6.92 Å². The number of aldehydes is 1. The Hall–Kier alpha value is -2.04. The van der Waals surface area contributed by atoms with Gasteiger partial charge in [-0.3, -0.25) is 9.59 Å². The number of hydrogen-bond donors (Lipinski definition) is 1. The lowest BCUT2D eigenvalue weighted by atomic mass is 10.3. The van der Waals surface area contributed by atoms with Crippen LogP contribution >= 0.6 is 0 Å². The Balaban J connectivity index is 2.83. The molecule has 1 N–H and O–H groups in total. The van der Waals surface area contributed by atoms with Crippen LogP contribution in [0.25, 0.3) is 11.2 Å². The molecular formula is C9H7N3O2. The van der Waals surface area contributed by atoms with Crippen molar-refractivity contribution in [3.05, 3.63) is 33.9 Å². The molecule has 0 aliphatic carbocycles. The Morgan fingerprint density at radius 3 is 3.00 bits per heavy atom. The SMILES string of the molecule is Cc1nc2cc(C=O)cnc2[nH]c1=O.